The van der Waals surface area contributed by atoms with E-state index in [1.54, 1.807) is 11.7 Å². The van der Waals surface area contributed by atoms with Crippen molar-refractivity contribution in [1.82, 2.24) is 24.7 Å². The molecule has 0 fully saturated rings. The van der Waals surface area contributed by atoms with E-state index in [0.717, 1.165) is 6.07 Å². The van der Waals surface area contributed by atoms with Crippen molar-refractivity contribution in [2.75, 3.05) is 0 Å². The van der Waals surface area contributed by atoms with Crippen molar-refractivity contribution in [3.05, 3.63) is 52.3 Å². The van der Waals surface area contributed by atoms with Crippen LogP contribution in [0, 0.1) is 11.3 Å². The van der Waals surface area contributed by atoms with E-state index in [9.17, 15) is 18.4 Å². The molecular weight excluding hydrogens is 441 g/mol. The molecule has 10 heteroatoms. The lowest BCUT2D eigenvalue weighted by molar-refractivity contribution is -0.137. The molecule has 0 spiro atoms. The van der Waals surface area contributed by atoms with Crippen molar-refractivity contribution in [3.63, 3.8) is 0 Å². The van der Waals surface area contributed by atoms with Crippen LogP contribution in [-0.2, 0) is 18.6 Å². The molecule has 32 heavy (non-hydrogen) atoms. The fraction of sp³-hybridized carbons (Fsp3) is 0.273. The Bertz CT molecular complexity index is 1390. The van der Waals surface area contributed by atoms with E-state index in [0.29, 0.717) is 27.8 Å². The first kappa shape index (κ1) is 21.8. The smallest absolute Gasteiger partial charge is 0.336 e. The average Bonchev–Trinajstić information content (AvgIpc) is 3.26. The van der Waals surface area contributed by atoms with Gasteiger partial charge in [0.25, 0.3) is 0 Å². The summed E-state index contributed by atoms with van der Waals surface area (Å²) >= 11 is 6.60. The Hall–Kier alpha value is -3.38. The summed E-state index contributed by atoms with van der Waals surface area (Å²) in [5.41, 5.74) is 0.452. The number of H-pyrrole nitrogens is 1. The van der Waals surface area contributed by atoms with E-state index in [4.69, 9.17) is 11.6 Å². The zero-order valence-corrected chi connectivity index (χ0v) is 18.4. The molecule has 1 N–H and O–H groups in total. The lowest BCUT2D eigenvalue weighted by Gasteiger charge is -2.15. The molecule has 4 aromatic rings. The number of nitriles is 1. The molecule has 3 heterocycles. The number of halogens is 4. The molecule has 0 radical (unpaired) electrons. The van der Waals surface area contributed by atoms with Gasteiger partial charge in [0.2, 0.25) is 0 Å². The van der Waals surface area contributed by atoms with Crippen LogP contribution >= 0.6 is 11.6 Å². The van der Waals surface area contributed by atoms with E-state index in [-0.39, 0.29) is 27.9 Å². The zero-order valence-electron chi connectivity index (χ0n) is 17.6. The second kappa shape index (κ2) is 7.35. The molecule has 0 amide bonds. The molecule has 4 rings (SSSR count). The van der Waals surface area contributed by atoms with Crippen LogP contribution in [0.5, 0.6) is 0 Å². The maximum absolute atomic E-state index is 13.5. The number of imidazole rings is 1. The third-order valence-electron chi connectivity index (χ3n) is 5.01. The highest BCUT2D eigenvalue weighted by Crippen LogP contribution is 2.39. The van der Waals surface area contributed by atoms with Crippen molar-refractivity contribution < 1.29 is 13.2 Å². The number of nitrogens with zero attached hydrogens (tertiary/aromatic N) is 5. The minimum atomic E-state index is -4.56. The van der Waals surface area contributed by atoms with Crippen LogP contribution in [-0.4, -0.2) is 24.7 Å². The summed E-state index contributed by atoms with van der Waals surface area (Å²) in [5, 5.41) is 14.5. The minimum absolute atomic E-state index is 0.0173. The molecule has 164 valence electrons. The van der Waals surface area contributed by atoms with Crippen LogP contribution in [0.25, 0.3) is 33.8 Å². The summed E-state index contributed by atoms with van der Waals surface area (Å²) in [6.07, 6.45) is -4.56. The van der Waals surface area contributed by atoms with Crippen molar-refractivity contribution >= 4 is 22.6 Å². The second-order valence-corrected chi connectivity index (χ2v) is 8.76. The van der Waals surface area contributed by atoms with Gasteiger partial charge in [-0.05, 0) is 12.1 Å². The summed E-state index contributed by atoms with van der Waals surface area (Å²) in [7, 11) is 1.72. The molecule has 0 saturated heterocycles. The standard InChI is InChI=1S/C22H18ClF3N6/c1-21(2,3)19-16(23)18(32(4)31-19)20-29-14-9-13(28-15(10-27)17(14)30-20)11-7-5-6-8-12(11)22(24,25)26/h5-9H,1-4H3,(H,29,30). The molecule has 0 saturated carbocycles. The van der Waals surface area contributed by atoms with Gasteiger partial charge in [-0.3, -0.25) is 4.68 Å². The summed E-state index contributed by atoms with van der Waals surface area (Å²) < 4.78 is 42.1. The molecule has 0 unspecified atom stereocenters. The predicted molar refractivity (Wildman–Crippen MR) is 115 cm³/mol. The Morgan fingerprint density at radius 3 is 2.41 bits per heavy atom. The van der Waals surface area contributed by atoms with Crippen molar-refractivity contribution in [2.45, 2.75) is 32.4 Å². The Balaban J connectivity index is 1.94. The SMILES string of the molecule is Cn1nc(C(C)(C)C)c(Cl)c1-c1nc2c(C#N)nc(-c3ccccc3C(F)(F)F)cc2[nH]1. The summed E-state index contributed by atoms with van der Waals surface area (Å²) in [6, 6.07) is 8.48. The fourth-order valence-electron chi connectivity index (χ4n) is 3.53. The van der Waals surface area contributed by atoms with Crippen LogP contribution in [0.2, 0.25) is 5.02 Å². The number of fused-ring (bicyclic) bond motifs is 1. The van der Waals surface area contributed by atoms with E-state index in [1.807, 2.05) is 26.8 Å². The van der Waals surface area contributed by atoms with Crippen molar-refractivity contribution in [1.29, 1.82) is 5.26 Å². The third kappa shape index (κ3) is 3.60. The first-order valence-corrected chi connectivity index (χ1v) is 10.0. The zero-order chi connectivity index (χ0) is 23.4. The van der Waals surface area contributed by atoms with Crippen molar-refractivity contribution in [3.8, 4) is 28.8 Å². The molecule has 6 nitrogen and oxygen atoms in total. The number of hydrogen-bond acceptors (Lipinski definition) is 4. The Labute approximate surface area is 186 Å². The number of pyridine rings is 1. The quantitative estimate of drug-likeness (QED) is 0.407. The molecule has 1 aromatic carbocycles. The molecule has 0 aliphatic heterocycles. The van der Waals surface area contributed by atoms with Gasteiger partial charge in [-0.2, -0.15) is 23.5 Å². The number of benzene rings is 1. The van der Waals surface area contributed by atoms with E-state index < -0.39 is 11.7 Å². The Morgan fingerprint density at radius 2 is 1.81 bits per heavy atom. The maximum Gasteiger partial charge on any atom is 0.417 e. The van der Waals surface area contributed by atoms with Crippen LogP contribution in [0.3, 0.4) is 0 Å². The second-order valence-electron chi connectivity index (χ2n) is 8.38. The normalized spacial score (nSPS) is 12.3. The van der Waals surface area contributed by atoms with E-state index in [1.165, 1.54) is 24.3 Å². The first-order chi connectivity index (χ1) is 14.9. The van der Waals surface area contributed by atoms with Gasteiger partial charge in [-0.1, -0.05) is 50.6 Å². The monoisotopic (exact) mass is 458 g/mol. The first-order valence-electron chi connectivity index (χ1n) is 9.62. The number of nitrogens with one attached hydrogen (secondary N) is 1. The van der Waals surface area contributed by atoms with E-state index >= 15 is 0 Å². The van der Waals surface area contributed by atoms with Crippen LogP contribution in [0.15, 0.2) is 30.3 Å². The van der Waals surface area contributed by atoms with Gasteiger partial charge < -0.3 is 4.98 Å². The van der Waals surface area contributed by atoms with E-state index in [2.05, 4.69) is 20.1 Å². The van der Waals surface area contributed by atoms with Gasteiger partial charge in [0.15, 0.2) is 11.5 Å². The van der Waals surface area contributed by atoms with Crippen molar-refractivity contribution in [2.24, 2.45) is 7.05 Å². The third-order valence-corrected chi connectivity index (χ3v) is 5.37. The Kier molecular flexibility index (Phi) is 5.01. The van der Waals surface area contributed by atoms with Crippen LogP contribution in [0.1, 0.15) is 37.7 Å². The molecule has 0 aliphatic carbocycles. The fourth-order valence-corrected chi connectivity index (χ4v) is 4.06. The van der Waals surface area contributed by atoms with Gasteiger partial charge in [-0.25, -0.2) is 9.97 Å². The lowest BCUT2D eigenvalue weighted by atomic mass is 9.92. The lowest BCUT2D eigenvalue weighted by Crippen LogP contribution is -2.12. The topological polar surface area (TPSA) is 83.2 Å². The largest absolute Gasteiger partial charge is 0.417 e. The highest BCUT2D eigenvalue weighted by molar-refractivity contribution is 6.33. The number of aryl methyl sites for hydroxylation is 1. The van der Waals surface area contributed by atoms with Crippen LogP contribution < -0.4 is 0 Å². The summed E-state index contributed by atoms with van der Waals surface area (Å²) in [4.78, 5) is 11.7. The maximum atomic E-state index is 13.5. The van der Waals surface area contributed by atoms with Gasteiger partial charge in [0, 0.05) is 18.0 Å². The van der Waals surface area contributed by atoms with Crippen LogP contribution in [0.4, 0.5) is 13.2 Å². The highest BCUT2D eigenvalue weighted by Gasteiger charge is 2.34. The average molecular weight is 459 g/mol. The van der Waals surface area contributed by atoms with Gasteiger partial charge in [0.05, 0.1) is 27.5 Å². The summed E-state index contributed by atoms with van der Waals surface area (Å²) in [5.74, 6) is 0.343. The minimum Gasteiger partial charge on any atom is -0.336 e. The molecular formula is C22H18ClF3N6. The number of rotatable bonds is 2. The number of hydrogen-bond donors (Lipinski definition) is 1. The number of alkyl halides is 3. The summed E-state index contributed by atoms with van der Waals surface area (Å²) in [6.45, 7) is 5.93. The highest BCUT2D eigenvalue weighted by atomic mass is 35.5. The Morgan fingerprint density at radius 1 is 1.12 bits per heavy atom. The van der Waals surface area contributed by atoms with Gasteiger partial charge in [0.1, 0.15) is 17.3 Å². The van der Waals surface area contributed by atoms with Gasteiger partial charge in [-0.15, -0.1) is 0 Å². The molecule has 0 atom stereocenters. The molecule has 0 bridgehead atoms. The number of aromatic nitrogens is 5. The molecule has 3 aromatic heterocycles. The number of aromatic amines is 1. The molecule has 0 aliphatic rings. The van der Waals surface area contributed by atoms with Gasteiger partial charge >= 0.3 is 6.18 Å². The predicted octanol–water partition coefficient (Wildman–Crippen LogP) is 5.87.